The fourth-order valence-electron chi connectivity index (χ4n) is 1.03. The van der Waals surface area contributed by atoms with Crippen molar-refractivity contribution in [3.63, 3.8) is 0 Å². The Hall–Kier alpha value is -1.42. The van der Waals surface area contributed by atoms with E-state index in [1.165, 1.54) is 11.5 Å². The maximum atomic E-state index is 5.07. The highest BCUT2D eigenvalue weighted by Gasteiger charge is 2.01. The normalized spacial score (nSPS) is 9.92. The van der Waals surface area contributed by atoms with Crippen LogP contribution in [0.4, 0.5) is 0 Å². The lowest BCUT2D eigenvalue weighted by Crippen LogP contribution is -1.85. The summed E-state index contributed by atoms with van der Waals surface area (Å²) in [5.41, 5.74) is 1.93. The van der Waals surface area contributed by atoms with E-state index < -0.39 is 0 Å². The van der Waals surface area contributed by atoms with Crippen LogP contribution < -0.4 is 4.74 Å². The van der Waals surface area contributed by atoms with Crippen LogP contribution in [0.3, 0.4) is 0 Å². The van der Waals surface area contributed by atoms with Gasteiger partial charge in [-0.25, -0.2) is 0 Å². The van der Waals surface area contributed by atoms with Crippen LogP contribution in [0.25, 0.3) is 11.3 Å². The number of methoxy groups -OCH3 is 1. The number of hydrogen-bond donors (Lipinski definition) is 0. The lowest BCUT2D eigenvalue weighted by molar-refractivity contribution is 0.413. The molecule has 0 radical (unpaired) electrons. The summed E-state index contributed by atoms with van der Waals surface area (Å²) in [7, 11) is 1.63. The predicted molar refractivity (Wildman–Crippen MR) is 51.9 cm³/mol. The molecule has 2 aromatic rings. The smallest absolute Gasteiger partial charge is 0.137 e. The molecule has 66 valence electrons. The summed E-state index contributed by atoms with van der Waals surface area (Å²) >= 11 is 1.43. The van der Waals surface area contributed by atoms with E-state index in [0.29, 0.717) is 0 Å². The third-order valence-corrected chi connectivity index (χ3v) is 2.24. The van der Waals surface area contributed by atoms with Gasteiger partial charge in [-0.15, -0.1) is 0 Å². The second kappa shape index (κ2) is 3.53. The van der Waals surface area contributed by atoms with Crippen LogP contribution in [0.1, 0.15) is 0 Å². The van der Waals surface area contributed by atoms with Crippen LogP contribution in [-0.2, 0) is 0 Å². The molecule has 0 spiro atoms. The van der Waals surface area contributed by atoms with Gasteiger partial charge in [-0.3, -0.25) is 4.98 Å². The average molecular weight is 192 g/mol. The Labute approximate surface area is 80.2 Å². The van der Waals surface area contributed by atoms with Gasteiger partial charge in [0, 0.05) is 17.1 Å². The van der Waals surface area contributed by atoms with E-state index in [-0.39, 0.29) is 0 Å². The SMILES string of the molecule is COc1cncc(-c2ccsn2)c1. The first-order valence-electron chi connectivity index (χ1n) is 3.80. The van der Waals surface area contributed by atoms with E-state index in [2.05, 4.69) is 9.36 Å². The van der Waals surface area contributed by atoms with Crippen molar-refractivity contribution in [3.05, 3.63) is 29.9 Å². The number of nitrogens with zero attached hydrogens (tertiary/aromatic N) is 2. The van der Waals surface area contributed by atoms with E-state index in [9.17, 15) is 0 Å². The molecule has 0 bridgehead atoms. The average Bonchev–Trinajstić information content (AvgIpc) is 2.71. The van der Waals surface area contributed by atoms with E-state index in [0.717, 1.165) is 17.0 Å². The molecule has 0 aromatic carbocycles. The van der Waals surface area contributed by atoms with Crippen LogP contribution in [0, 0.1) is 0 Å². The molecule has 13 heavy (non-hydrogen) atoms. The molecule has 3 nitrogen and oxygen atoms in total. The number of hydrogen-bond acceptors (Lipinski definition) is 4. The molecule has 2 aromatic heterocycles. The maximum Gasteiger partial charge on any atom is 0.137 e. The lowest BCUT2D eigenvalue weighted by atomic mass is 10.2. The molecule has 0 atom stereocenters. The third-order valence-electron chi connectivity index (χ3n) is 1.68. The summed E-state index contributed by atoms with van der Waals surface area (Å²) in [6, 6.07) is 3.88. The Morgan fingerprint density at radius 3 is 3.00 bits per heavy atom. The van der Waals surface area contributed by atoms with E-state index in [4.69, 9.17) is 4.74 Å². The van der Waals surface area contributed by atoms with E-state index >= 15 is 0 Å². The minimum atomic E-state index is 0.755. The molecule has 0 unspecified atom stereocenters. The highest BCUT2D eigenvalue weighted by atomic mass is 32.1. The monoisotopic (exact) mass is 192 g/mol. The van der Waals surface area contributed by atoms with Gasteiger partial charge in [0.05, 0.1) is 19.0 Å². The molecule has 2 heterocycles. The first kappa shape index (κ1) is 8.19. The van der Waals surface area contributed by atoms with Crippen molar-refractivity contribution >= 4 is 11.5 Å². The lowest BCUT2D eigenvalue weighted by Gasteiger charge is -2.00. The molecular weight excluding hydrogens is 184 g/mol. The quantitative estimate of drug-likeness (QED) is 0.731. The van der Waals surface area contributed by atoms with Gasteiger partial charge in [-0.2, -0.15) is 4.37 Å². The zero-order valence-electron chi connectivity index (χ0n) is 7.10. The maximum absolute atomic E-state index is 5.07. The Morgan fingerprint density at radius 1 is 1.38 bits per heavy atom. The van der Waals surface area contributed by atoms with Gasteiger partial charge in [0.15, 0.2) is 0 Å². The Bertz CT molecular complexity index is 386. The van der Waals surface area contributed by atoms with Gasteiger partial charge in [0.2, 0.25) is 0 Å². The van der Waals surface area contributed by atoms with Gasteiger partial charge in [0.25, 0.3) is 0 Å². The second-order valence-corrected chi connectivity index (χ2v) is 3.16. The number of ether oxygens (including phenoxy) is 1. The molecule has 0 aliphatic carbocycles. The molecule has 0 aliphatic heterocycles. The zero-order valence-corrected chi connectivity index (χ0v) is 7.91. The topological polar surface area (TPSA) is 35.0 Å². The van der Waals surface area contributed by atoms with Crippen LogP contribution in [0.5, 0.6) is 5.75 Å². The van der Waals surface area contributed by atoms with Crippen molar-refractivity contribution in [2.75, 3.05) is 7.11 Å². The highest BCUT2D eigenvalue weighted by Crippen LogP contribution is 2.21. The summed E-state index contributed by atoms with van der Waals surface area (Å²) in [6.45, 7) is 0. The number of rotatable bonds is 2. The summed E-state index contributed by atoms with van der Waals surface area (Å²) in [4.78, 5) is 4.05. The zero-order chi connectivity index (χ0) is 9.10. The minimum absolute atomic E-state index is 0.755. The van der Waals surface area contributed by atoms with Crippen LogP contribution >= 0.6 is 11.5 Å². The van der Waals surface area contributed by atoms with Crippen molar-refractivity contribution in [2.45, 2.75) is 0 Å². The molecule has 0 saturated heterocycles. The van der Waals surface area contributed by atoms with Crippen LogP contribution in [0.15, 0.2) is 29.9 Å². The van der Waals surface area contributed by atoms with Gasteiger partial charge < -0.3 is 4.74 Å². The largest absolute Gasteiger partial charge is 0.495 e. The number of pyridine rings is 1. The summed E-state index contributed by atoms with van der Waals surface area (Å²) < 4.78 is 9.27. The Balaban J connectivity index is 2.41. The highest BCUT2D eigenvalue weighted by molar-refractivity contribution is 7.03. The van der Waals surface area contributed by atoms with Crippen LogP contribution in [-0.4, -0.2) is 16.5 Å². The van der Waals surface area contributed by atoms with Gasteiger partial charge in [-0.05, 0) is 23.7 Å². The third kappa shape index (κ3) is 1.67. The fourth-order valence-corrected chi connectivity index (χ4v) is 1.56. The molecule has 2 rings (SSSR count). The molecule has 0 N–H and O–H groups in total. The second-order valence-electron chi connectivity index (χ2n) is 2.50. The van der Waals surface area contributed by atoms with Crippen molar-refractivity contribution in [3.8, 4) is 17.0 Å². The van der Waals surface area contributed by atoms with Gasteiger partial charge in [-0.1, -0.05) is 0 Å². The summed E-state index contributed by atoms with van der Waals surface area (Å²) in [6.07, 6.45) is 3.45. The molecular formula is C9H8N2OS. The standard InChI is InChI=1S/C9H8N2OS/c1-12-8-4-7(5-10-6-8)9-2-3-13-11-9/h2-6H,1H3. The van der Waals surface area contributed by atoms with Crippen molar-refractivity contribution < 1.29 is 4.74 Å². The molecule has 0 fully saturated rings. The first-order valence-corrected chi connectivity index (χ1v) is 4.63. The Morgan fingerprint density at radius 2 is 2.31 bits per heavy atom. The van der Waals surface area contributed by atoms with E-state index in [1.807, 2.05) is 17.5 Å². The van der Waals surface area contributed by atoms with Crippen LogP contribution in [0.2, 0.25) is 0 Å². The van der Waals surface area contributed by atoms with E-state index in [1.54, 1.807) is 19.5 Å². The number of aromatic nitrogens is 2. The molecule has 0 aliphatic rings. The first-order chi connectivity index (χ1) is 6.40. The fraction of sp³-hybridized carbons (Fsp3) is 0.111. The van der Waals surface area contributed by atoms with Gasteiger partial charge >= 0.3 is 0 Å². The summed E-state index contributed by atoms with van der Waals surface area (Å²) in [5.74, 6) is 0.755. The minimum Gasteiger partial charge on any atom is -0.495 e. The molecule has 0 saturated carbocycles. The van der Waals surface area contributed by atoms with Gasteiger partial charge in [0.1, 0.15) is 5.75 Å². The van der Waals surface area contributed by atoms with Crippen molar-refractivity contribution in [1.29, 1.82) is 0 Å². The summed E-state index contributed by atoms with van der Waals surface area (Å²) in [5, 5.41) is 1.94. The molecule has 4 heteroatoms. The predicted octanol–water partition coefficient (Wildman–Crippen LogP) is 2.21. The van der Waals surface area contributed by atoms with Crippen molar-refractivity contribution in [2.24, 2.45) is 0 Å². The Kier molecular flexibility index (Phi) is 2.23. The molecule has 0 amide bonds. The van der Waals surface area contributed by atoms with Crippen molar-refractivity contribution in [1.82, 2.24) is 9.36 Å².